The van der Waals surface area contributed by atoms with Crippen molar-refractivity contribution >= 4 is 5.97 Å². The zero-order valence-corrected chi connectivity index (χ0v) is 20.1. The molecule has 1 aromatic heterocycles. The third kappa shape index (κ3) is 3.35. The van der Waals surface area contributed by atoms with Gasteiger partial charge >= 0.3 is 11.6 Å². The fourth-order valence-electron chi connectivity index (χ4n) is 8.74. The van der Waals surface area contributed by atoms with E-state index in [0.717, 1.165) is 25.2 Å². The maximum atomic E-state index is 11.4. The van der Waals surface area contributed by atoms with Crippen molar-refractivity contribution in [2.45, 2.75) is 102 Å². The number of fused-ring (bicyclic) bond motifs is 3. The first-order valence-electron chi connectivity index (χ1n) is 12.8. The fraction of sp³-hybridized carbons (Fsp3) is 0.778. The lowest BCUT2D eigenvalue weighted by molar-refractivity contribution is -0.139. The van der Waals surface area contributed by atoms with E-state index in [4.69, 9.17) is 14.3 Å². The molecule has 0 amide bonds. The zero-order valence-electron chi connectivity index (χ0n) is 20.1. The Morgan fingerprint density at radius 1 is 1.09 bits per heavy atom. The average Bonchev–Trinajstić information content (AvgIpc) is 3.45. The molecule has 4 saturated carbocycles. The first kappa shape index (κ1) is 23.1. The quantitative estimate of drug-likeness (QED) is 0.621. The molecule has 0 aromatic carbocycles. The zero-order chi connectivity index (χ0) is 23.6. The monoisotopic (exact) mass is 458 g/mol. The summed E-state index contributed by atoms with van der Waals surface area (Å²) >= 11 is 0. The van der Waals surface area contributed by atoms with Crippen LogP contribution in [0.1, 0.15) is 90.0 Å². The second-order valence-corrected chi connectivity index (χ2v) is 11.7. The number of carboxylic acids is 1. The highest BCUT2D eigenvalue weighted by atomic mass is 16.6. The van der Waals surface area contributed by atoms with Gasteiger partial charge in [0.25, 0.3) is 0 Å². The number of carbonyl (C=O) groups is 1. The number of epoxide rings is 1. The summed E-state index contributed by atoms with van der Waals surface area (Å²) in [6.07, 6.45) is 11.4. The Bertz CT molecular complexity index is 951. The lowest BCUT2D eigenvalue weighted by atomic mass is 9.44. The molecule has 5 fully saturated rings. The molecule has 1 saturated heterocycles. The molecule has 6 nitrogen and oxygen atoms in total. The molecule has 0 radical (unpaired) electrons. The molecule has 0 unspecified atom stereocenters. The van der Waals surface area contributed by atoms with Crippen molar-refractivity contribution in [3.8, 4) is 0 Å². The molecule has 6 heteroatoms. The van der Waals surface area contributed by atoms with Crippen molar-refractivity contribution in [2.24, 2.45) is 28.6 Å². The summed E-state index contributed by atoms with van der Waals surface area (Å²) in [5.41, 5.74) is 1.44. The Morgan fingerprint density at radius 2 is 1.85 bits per heavy atom. The molecule has 4 aliphatic carbocycles. The van der Waals surface area contributed by atoms with Gasteiger partial charge in [-0.25, -0.2) is 4.79 Å². The highest BCUT2D eigenvalue weighted by Gasteiger charge is 2.80. The Hall–Kier alpha value is -1.66. The summed E-state index contributed by atoms with van der Waals surface area (Å²) in [6, 6.07) is 3.55. The van der Waals surface area contributed by atoms with E-state index in [9.17, 15) is 14.7 Å². The van der Waals surface area contributed by atoms with E-state index in [0.29, 0.717) is 29.3 Å². The number of ether oxygens (including phenoxy) is 1. The predicted molar refractivity (Wildman–Crippen MR) is 123 cm³/mol. The minimum Gasteiger partial charge on any atom is -0.481 e. The van der Waals surface area contributed by atoms with Gasteiger partial charge in [0.1, 0.15) is 5.60 Å². The van der Waals surface area contributed by atoms with Crippen LogP contribution >= 0.6 is 0 Å². The van der Waals surface area contributed by atoms with Gasteiger partial charge in [0.05, 0.1) is 18.5 Å². The molecule has 2 N–H and O–H groups in total. The van der Waals surface area contributed by atoms with Gasteiger partial charge in [0.15, 0.2) is 0 Å². The van der Waals surface area contributed by atoms with Gasteiger partial charge in [-0.1, -0.05) is 20.8 Å². The van der Waals surface area contributed by atoms with Crippen LogP contribution in [0.2, 0.25) is 0 Å². The van der Waals surface area contributed by atoms with E-state index in [2.05, 4.69) is 13.8 Å². The van der Waals surface area contributed by atoms with Crippen molar-refractivity contribution in [3.63, 3.8) is 0 Å². The highest BCUT2D eigenvalue weighted by Crippen LogP contribution is 2.77. The smallest absolute Gasteiger partial charge is 0.335 e. The minimum absolute atomic E-state index is 0.0285. The summed E-state index contributed by atoms with van der Waals surface area (Å²) in [4.78, 5) is 20.8. The molecule has 5 aliphatic rings. The summed E-state index contributed by atoms with van der Waals surface area (Å²) < 4.78 is 11.8. The number of aliphatic hydroxyl groups excluding tert-OH is 1. The molecule has 6 rings (SSSR count). The molecule has 0 bridgehead atoms. The fourth-order valence-corrected chi connectivity index (χ4v) is 8.74. The lowest BCUT2D eigenvalue weighted by Crippen LogP contribution is -2.58. The highest BCUT2D eigenvalue weighted by molar-refractivity contribution is 5.66. The first-order valence-corrected chi connectivity index (χ1v) is 12.8. The van der Waals surface area contributed by atoms with Crippen molar-refractivity contribution in [1.82, 2.24) is 0 Å². The van der Waals surface area contributed by atoms with Crippen molar-refractivity contribution in [3.05, 3.63) is 34.4 Å². The minimum atomic E-state index is -0.745. The molecular formula is C27H38O6. The second kappa shape index (κ2) is 7.94. The van der Waals surface area contributed by atoms with Gasteiger partial charge in [0.2, 0.25) is 0 Å². The van der Waals surface area contributed by atoms with E-state index in [-0.39, 0.29) is 29.2 Å². The maximum Gasteiger partial charge on any atom is 0.335 e. The van der Waals surface area contributed by atoms with Crippen LogP contribution in [0, 0.1) is 28.6 Å². The molecule has 2 heterocycles. The molecule has 1 spiro atoms. The number of aliphatic carboxylic acids is 1. The van der Waals surface area contributed by atoms with Crippen LogP contribution in [-0.4, -0.2) is 34.0 Å². The molecule has 1 aliphatic heterocycles. The van der Waals surface area contributed by atoms with Gasteiger partial charge in [-0.2, -0.15) is 0 Å². The summed E-state index contributed by atoms with van der Waals surface area (Å²) in [5, 5.41) is 18.0. The topological polar surface area (TPSA) is 100 Å². The molecule has 1 aromatic rings. The van der Waals surface area contributed by atoms with Crippen molar-refractivity contribution < 1.29 is 24.2 Å². The average molecular weight is 459 g/mol. The number of hydrogen-bond donors (Lipinski definition) is 2. The Labute approximate surface area is 195 Å². The number of carboxylic acid groups (broad SMARTS) is 1. The van der Waals surface area contributed by atoms with Gasteiger partial charge in [-0.3, -0.25) is 4.79 Å². The van der Waals surface area contributed by atoms with Crippen LogP contribution in [0.15, 0.2) is 27.6 Å². The Kier molecular flexibility index (Phi) is 5.56. The van der Waals surface area contributed by atoms with Crippen LogP contribution < -0.4 is 5.63 Å². The number of aliphatic hydroxyl groups is 1. The Morgan fingerprint density at radius 3 is 2.52 bits per heavy atom. The van der Waals surface area contributed by atoms with Crippen molar-refractivity contribution in [1.29, 1.82) is 0 Å². The summed E-state index contributed by atoms with van der Waals surface area (Å²) in [6.45, 7) is 6.57. The predicted octanol–water partition coefficient (Wildman–Crippen LogP) is 4.74. The normalized spacial score (nSPS) is 47.2. The van der Waals surface area contributed by atoms with Gasteiger partial charge in [-0.05, 0) is 92.1 Å². The largest absolute Gasteiger partial charge is 0.481 e. The van der Waals surface area contributed by atoms with E-state index in [1.165, 1.54) is 37.7 Å². The van der Waals surface area contributed by atoms with E-state index in [1.54, 1.807) is 19.3 Å². The second-order valence-electron chi connectivity index (χ2n) is 11.7. The van der Waals surface area contributed by atoms with Gasteiger partial charge in [-0.15, -0.1) is 0 Å². The van der Waals surface area contributed by atoms with E-state index in [1.807, 2.05) is 6.07 Å². The third-order valence-electron chi connectivity index (χ3n) is 10.5. The first-order chi connectivity index (χ1) is 15.7. The number of hydrogen-bond acceptors (Lipinski definition) is 5. The third-order valence-corrected chi connectivity index (χ3v) is 10.5. The van der Waals surface area contributed by atoms with Crippen LogP contribution in [-0.2, 0) is 9.53 Å². The standard InChI is InChI=1S/C24H32O4.C3H6O2/c1-22-9-7-16(25)11-15(22)4-5-18-17(22)8-10-23(2)19(12-20-24(18,23)28-20)14-3-6-21(26)27-13-14;1-2-3(4)5/h3,6,13,15-20,25H,4-5,7-12H2,1-2H3;2H2,1H3,(H,4,5)/t15-,16+,17+,18-,19-,20-,22+,23-,24-;/m1./s1. The number of rotatable bonds is 2. The molecule has 182 valence electrons. The summed E-state index contributed by atoms with van der Waals surface area (Å²) in [5.74, 6) is 1.73. The summed E-state index contributed by atoms with van der Waals surface area (Å²) in [7, 11) is 0. The Balaban J connectivity index is 0.000000416. The molecule has 9 atom stereocenters. The van der Waals surface area contributed by atoms with Crippen molar-refractivity contribution in [2.75, 3.05) is 0 Å². The van der Waals surface area contributed by atoms with Crippen LogP contribution in [0.3, 0.4) is 0 Å². The SMILES string of the molecule is CCC(=O)O.C[C@]12CC[C@H](O)C[C@H]1CC[C@@H]1[C@@H]2CC[C@]2(C)[C@@H](c3ccc(=O)oc3)C[C@H]3O[C@]132. The van der Waals surface area contributed by atoms with E-state index >= 15 is 0 Å². The van der Waals surface area contributed by atoms with Gasteiger partial charge < -0.3 is 19.4 Å². The lowest BCUT2D eigenvalue weighted by Gasteiger charge is -2.61. The van der Waals surface area contributed by atoms with Crippen LogP contribution in [0.4, 0.5) is 0 Å². The molecular weight excluding hydrogens is 420 g/mol. The van der Waals surface area contributed by atoms with Crippen LogP contribution in [0.5, 0.6) is 0 Å². The van der Waals surface area contributed by atoms with E-state index < -0.39 is 5.97 Å². The maximum absolute atomic E-state index is 11.4. The molecule has 33 heavy (non-hydrogen) atoms. The van der Waals surface area contributed by atoms with Crippen LogP contribution in [0.25, 0.3) is 0 Å². The van der Waals surface area contributed by atoms with Gasteiger partial charge in [0, 0.05) is 17.9 Å².